The Labute approximate surface area is 165 Å². The van der Waals surface area contributed by atoms with Gasteiger partial charge in [-0.05, 0) is 30.3 Å². The number of amides is 1. The molecule has 27 heavy (non-hydrogen) atoms. The molecule has 0 aromatic heterocycles. The Kier molecular flexibility index (Phi) is 7.56. The summed E-state index contributed by atoms with van der Waals surface area (Å²) in [6.07, 6.45) is 0. The predicted molar refractivity (Wildman–Crippen MR) is 110 cm³/mol. The highest BCUT2D eigenvalue weighted by Gasteiger charge is 2.18. The lowest BCUT2D eigenvalue weighted by Gasteiger charge is -2.30. The first-order valence-corrected chi connectivity index (χ1v) is 10.2. The zero-order valence-electron chi connectivity index (χ0n) is 15.7. The lowest BCUT2D eigenvalue weighted by atomic mass is 10.2. The van der Waals surface area contributed by atoms with Crippen LogP contribution in [0.25, 0.3) is 0 Å². The fourth-order valence-electron chi connectivity index (χ4n) is 2.99. The van der Waals surface area contributed by atoms with Crippen LogP contribution in [0.4, 0.5) is 5.69 Å². The molecular weight excluding hydrogens is 360 g/mol. The summed E-state index contributed by atoms with van der Waals surface area (Å²) in [6.45, 7) is 4.93. The largest absolute Gasteiger partial charge is 0.497 e. The van der Waals surface area contributed by atoms with E-state index < -0.39 is 0 Å². The van der Waals surface area contributed by atoms with Gasteiger partial charge in [0.05, 0.1) is 26.1 Å². The van der Waals surface area contributed by atoms with Crippen molar-refractivity contribution in [2.75, 3.05) is 57.2 Å². The first-order valence-electron chi connectivity index (χ1n) is 9.18. The fourth-order valence-corrected chi connectivity index (χ4v) is 3.81. The highest BCUT2D eigenvalue weighted by atomic mass is 32.2. The predicted octanol–water partition coefficient (Wildman–Crippen LogP) is 3.15. The molecule has 3 rings (SSSR count). The summed E-state index contributed by atoms with van der Waals surface area (Å²) < 4.78 is 10.7. The van der Waals surface area contributed by atoms with E-state index >= 15 is 0 Å². The standard InChI is InChI=1S/C21H26N2O3S/c1-25-19-8-5-9-20(16-19)27-17-21(24)23(18-6-3-2-4-7-18)11-10-22-12-14-26-15-13-22/h2-9,16H,10-15,17H2,1H3. The molecule has 2 aromatic carbocycles. The maximum atomic E-state index is 13.0. The van der Waals surface area contributed by atoms with Crippen molar-refractivity contribution in [1.29, 1.82) is 0 Å². The molecule has 0 unspecified atom stereocenters. The van der Waals surface area contributed by atoms with E-state index in [1.54, 1.807) is 7.11 Å². The van der Waals surface area contributed by atoms with Gasteiger partial charge in [-0.2, -0.15) is 0 Å². The molecule has 0 saturated carbocycles. The van der Waals surface area contributed by atoms with Crippen molar-refractivity contribution < 1.29 is 14.3 Å². The average molecular weight is 387 g/mol. The lowest BCUT2D eigenvalue weighted by molar-refractivity contribution is -0.116. The molecule has 0 N–H and O–H groups in total. The van der Waals surface area contributed by atoms with Gasteiger partial charge in [-0.1, -0.05) is 24.3 Å². The first kappa shape index (κ1) is 19.7. The molecule has 1 heterocycles. The van der Waals surface area contributed by atoms with Gasteiger partial charge in [-0.3, -0.25) is 9.69 Å². The number of nitrogens with zero attached hydrogens (tertiary/aromatic N) is 2. The molecular formula is C21H26N2O3S. The number of para-hydroxylation sites is 1. The number of anilines is 1. The number of hydrogen-bond acceptors (Lipinski definition) is 5. The van der Waals surface area contributed by atoms with Crippen molar-refractivity contribution >= 4 is 23.4 Å². The van der Waals surface area contributed by atoms with Crippen LogP contribution in [0.15, 0.2) is 59.5 Å². The van der Waals surface area contributed by atoms with Crippen LogP contribution in [-0.4, -0.2) is 63.1 Å². The third kappa shape index (κ3) is 5.99. The van der Waals surface area contributed by atoms with Gasteiger partial charge >= 0.3 is 0 Å². The smallest absolute Gasteiger partial charge is 0.237 e. The third-order valence-corrected chi connectivity index (χ3v) is 5.49. The highest BCUT2D eigenvalue weighted by Crippen LogP contribution is 2.24. The summed E-state index contributed by atoms with van der Waals surface area (Å²) in [4.78, 5) is 18.2. The third-order valence-electron chi connectivity index (χ3n) is 4.52. The minimum Gasteiger partial charge on any atom is -0.497 e. The molecule has 6 heteroatoms. The van der Waals surface area contributed by atoms with Crippen LogP contribution in [-0.2, 0) is 9.53 Å². The van der Waals surface area contributed by atoms with Crippen molar-refractivity contribution in [3.63, 3.8) is 0 Å². The van der Waals surface area contributed by atoms with Gasteiger partial charge in [0.2, 0.25) is 5.91 Å². The zero-order valence-corrected chi connectivity index (χ0v) is 16.5. The number of rotatable bonds is 8. The Balaban J connectivity index is 1.62. The van der Waals surface area contributed by atoms with Gasteiger partial charge in [-0.15, -0.1) is 11.8 Å². The molecule has 1 aliphatic heterocycles. The van der Waals surface area contributed by atoms with Crippen LogP contribution >= 0.6 is 11.8 Å². The van der Waals surface area contributed by atoms with E-state index in [9.17, 15) is 4.79 Å². The summed E-state index contributed by atoms with van der Waals surface area (Å²) in [5.74, 6) is 1.31. The summed E-state index contributed by atoms with van der Waals surface area (Å²) >= 11 is 1.54. The van der Waals surface area contributed by atoms with Crippen LogP contribution in [0, 0.1) is 0 Å². The van der Waals surface area contributed by atoms with E-state index in [0.29, 0.717) is 12.3 Å². The molecule has 1 fully saturated rings. The van der Waals surface area contributed by atoms with Gasteiger partial charge < -0.3 is 14.4 Å². The Morgan fingerprint density at radius 1 is 1.15 bits per heavy atom. The average Bonchev–Trinajstić information content (AvgIpc) is 2.74. The number of morpholine rings is 1. The normalized spacial score (nSPS) is 14.7. The van der Waals surface area contributed by atoms with Crippen LogP contribution < -0.4 is 9.64 Å². The molecule has 1 amide bonds. The summed E-state index contributed by atoms with van der Waals surface area (Å²) in [5, 5.41) is 0. The maximum absolute atomic E-state index is 13.0. The van der Waals surface area contributed by atoms with Gasteiger partial charge in [0, 0.05) is 36.8 Å². The minimum atomic E-state index is 0.113. The Morgan fingerprint density at radius 3 is 2.67 bits per heavy atom. The van der Waals surface area contributed by atoms with Gasteiger partial charge in [0.25, 0.3) is 0 Å². The molecule has 5 nitrogen and oxygen atoms in total. The molecule has 0 atom stereocenters. The highest BCUT2D eigenvalue weighted by molar-refractivity contribution is 8.00. The minimum absolute atomic E-state index is 0.113. The van der Waals surface area contributed by atoms with E-state index in [0.717, 1.165) is 49.2 Å². The second-order valence-electron chi connectivity index (χ2n) is 6.30. The van der Waals surface area contributed by atoms with Crippen LogP contribution in [0.2, 0.25) is 0 Å². The van der Waals surface area contributed by atoms with E-state index in [1.807, 2.05) is 59.5 Å². The van der Waals surface area contributed by atoms with E-state index in [1.165, 1.54) is 11.8 Å². The summed E-state index contributed by atoms with van der Waals surface area (Å²) in [5.41, 5.74) is 0.946. The number of ether oxygens (including phenoxy) is 2. The van der Waals surface area contributed by atoms with Crippen molar-refractivity contribution in [1.82, 2.24) is 4.90 Å². The molecule has 2 aromatic rings. The number of hydrogen-bond donors (Lipinski definition) is 0. The molecule has 1 aliphatic rings. The lowest BCUT2D eigenvalue weighted by Crippen LogP contribution is -2.43. The topological polar surface area (TPSA) is 42.0 Å². The molecule has 1 saturated heterocycles. The molecule has 0 radical (unpaired) electrons. The van der Waals surface area contributed by atoms with Gasteiger partial charge in [-0.25, -0.2) is 0 Å². The van der Waals surface area contributed by atoms with E-state index in [-0.39, 0.29) is 5.91 Å². The van der Waals surface area contributed by atoms with E-state index in [2.05, 4.69) is 4.90 Å². The molecule has 0 spiro atoms. The Morgan fingerprint density at radius 2 is 1.93 bits per heavy atom. The maximum Gasteiger partial charge on any atom is 0.237 e. The van der Waals surface area contributed by atoms with E-state index in [4.69, 9.17) is 9.47 Å². The summed E-state index contributed by atoms with van der Waals surface area (Å²) in [7, 11) is 1.65. The number of methoxy groups -OCH3 is 1. The Hall–Kier alpha value is -2.02. The number of carbonyl (C=O) groups excluding carboxylic acids is 1. The van der Waals surface area contributed by atoms with Crippen LogP contribution in [0.1, 0.15) is 0 Å². The number of benzene rings is 2. The van der Waals surface area contributed by atoms with Crippen molar-refractivity contribution in [2.45, 2.75) is 4.90 Å². The first-order chi connectivity index (χ1) is 13.3. The zero-order chi connectivity index (χ0) is 18.9. The van der Waals surface area contributed by atoms with Gasteiger partial charge in [0.1, 0.15) is 5.75 Å². The van der Waals surface area contributed by atoms with Gasteiger partial charge in [0.15, 0.2) is 0 Å². The van der Waals surface area contributed by atoms with Crippen molar-refractivity contribution in [2.24, 2.45) is 0 Å². The van der Waals surface area contributed by atoms with Crippen molar-refractivity contribution in [3.05, 3.63) is 54.6 Å². The molecule has 144 valence electrons. The second kappa shape index (κ2) is 10.3. The Bertz CT molecular complexity index is 720. The quantitative estimate of drug-likeness (QED) is 0.652. The van der Waals surface area contributed by atoms with Crippen molar-refractivity contribution in [3.8, 4) is 5.75 Å². The SMILES string of the molecule is COc1cccc(SCC(=O)N(CCN2CCOCC2)c2ccccc2)c1. The summed E-state index contributed by atoms with van der Waals surface area (Å²) in [6, 6.07) is 17.7. The molecule has 0 bridgehead atoms. The van der Waals surface area contributed by atoms with Crippen LogP contribution in [0.3, 0.4) is 0 Å². The monoisotopic (exact) mass is 386 g/mol. The fraction of sp³-hybridized carbons (Fsp3) is 0.381. The van der Waals surface area contributed by atoms with Crippen LogP contribution in [0.5, 0.6) is 5.75 Å². The molecule has 0 aliphatic carbocycles. The second-order valence-corrected chi connectivity index (χ2v) is 7.35. The number of carbonyl (C=O) groups is 1. The number of thioether (sulfide) groups is 1.